The smallest absolute Gasteiger partial charge is 0.102 e. The lowest BCUT2D eigenvalue weighted by Crippen LogP contribution is -2.62. The van der Waals surface area contributed by atoms with Crippen molar-refractivity contribution in [3.05, 3.63) is 35.9 Å². The van der Waals surface area contributed by atoms with E-state index in [-0.39, 0.29) is 12.2 Å². The van der Waals surface area contributed by atoms with Crippen LogP contribution in [0.25, 0.3) is 0 Å². The van der Waals surface area contributed by atoms with Crippen LogP contribution in [0.1, 0.15) is 32.8 Å². The van der Waals surface area contributed by atoms with E-state index in [9.17, 15) is 4.39 Å². The van der Waals surface area contributed by atoms with E-state index in [0.717, 1.165) is 19.5 Å². The number of piperazine rings is 1. The number of nitrogens with one attached hydrogen (secondary N) is 1. The van der Waals surface area contributed by atoms with E-state index in [0.29, 0.717) is 18.5 Å². The van der Waals surface area contributed by atoms with Gasteiger partial charge in [0.15, 0.2) is 0 Å². The molecule has 1 N–H and O–H groups in total. The summed E-state index contributed by atoms with van der Waals surface area (Å²) in [6.07, 6.45) is 1.15. The van der Waals surface area contributed by atoms with Crippen molar-refractivity contribution < 1.29 is 4.39 Å². The average Bonchev–Trinajstić information content (AvgIpc) is 2.43. The van der Waals surface area contributed by atoms with E-state index in [1.54, 1.807) is 0 Å². The zero-order chi connectivity index (χ0) is 14.6. The van der Waals surface area contributed by atoms with Crippen LogP contribution in [0, 0.1) is 5.92 Å². The van der Waals surface area contributed by atoms with Crippen LogP contribution in [-0.4, -0.2) is 37.3 Å². The van der Waals surface area contributed by atoms with Gasteiger partial charge in [-0.05, 0) is 24.8 Å². The van der Waals surface area contributed by atoms with Crippen LogP contribution in [0.15, 0.2) is 30.3 Å². The third kappa shape index (κ3) is 3.39. The lowest BCUT2D eigenvalue weighted by atomic mass is 9.86. The van der Waals surface area contributed by atoms with Crippen molar-refractivity contribution >= 4 is 0 Å². The summed E-state index contributed by atoms with van der Waals surface area (Å²) in [5.41, 5.74) is 1.16. The Labute approximate surface area is 122 Å². The molecule has 1 saturated heterocycles. The molecule has 0 saturated carbocycles. The summed E-state index contributed by atoms with van der Waals surface area (Å²) in [5.74, 6) is 0.667. The van der Waals surface area contributed by atoms with Gasteiger partial charge >= 0.3 is 0 Å². The molecule has 2 rings (SSSR count). The van der Waals surface area contributed by atoms with Crippen molar-refractivity contribution in [2.45, 2.75) is 38.8 Å². The topological polar surface area (TPSA) is 15.3 Å². The molecule has 0 aliphatic carbocycles. The van der Waals surface area contributed by atoms with Crippen LogP contribution in [0.2, 0.25) is 0 Å². The summed E-state index contributed by atoms with van der Waals surface area (Å²) < 4.78 is 13.0. The van der Waals surface area contributed by atoms with Gasteiger partial charge in [-0.3, -0.25) is 4.90 Å². The predicted molar refractivity (Wildman–Crippen MR) is 82.6 cm³/mol. The van der Waals surface area contributed by atoms with Crippen molar-refractivity contribution in [3.8, 4) is 0 Å². The lowest BCUT2D eigenvalue weighted by Gasteiger charge is -2.48. The summed E-state index contributed by atoms with van der Waals surface area (Å²) >= 11 is 0. The second-order valence-corrected chi connectivity index (χ2v) is 6.48. The third-order valence-corrected chi connectivity index (χ3v) is 4.38. The highest BCUT2D eigenvalue weighted by Gasteiger charge is 2.38. The second-order valence-electron chi connectivity index (χ2n) is 6.48. The fraction of sp³-hybridized carbons (Fsp3) is 0.647. The number of benzene rings is 1. The molecule has 1 aliphatic heterocycles. The average molecular weight is 278 g/mol. The van der Waals surface area contributed by atoms with E-state index >= 15 is 0 Å². The standard InChI is InChI=1S/C17H27FN2/c1-14(2)11-16-12-20(10-9-18)17(3,13-19-16)15-7-5-4-6-8-15/h4-8,14,16,19H,9-13H2,1-3H3. The Hall–Kier alpha value is -0.930. The fourth-order valence-electron chi connectivity index (χ4n) is 3.24. The summed E-state index contributed by atoms with van der Waals surface area (Å²) in [5, 5.41) is 3.66. The predicted octanol–water partition coefficient (Wildman–Crippen LogP) is 3.19. The number of alkyl halides is 1. The molecular weight excluding hydrogens is 251 g/mol. The van der Waals surface area contributed by atoms with Gasteiger partial charge in [0.25, 0.3) is 0 Å². The molecule has 1 heterocycles. The first-order valence-corrected chi connectivity index (χ1v) is 7.66. The monoisotopic (exact) mass is 278 g/mol. The maximum atomic E-state index is 13.0. The first-order chi connectivity index (χ1) is 9.56. The molecule has 112 valence electrons. The van der Waals surface area contributed by atoms with Gasteiger partial charge in [0, 0.05) is 25.7 Å². The van der Waals surface area contributed by atoms with Gasteiger partial charge in [-0.2, -0.15) is 0 Å². The molecule has 3 heteroatoms. The van der Waals surface area contributed by atoms with E-state index in [1.165, 1.54) is 5.56 Å². The lowest BCUT2D eigenvalue weighted by molar-refractivity contribution is 0.0398. The SMILES string of the molecule is CC(C)CC1CN(CCF)C(C)(c2ccccc2)CN1. The highest BCUT2D eigenvalue weighted by molar-refractivity contribution is 5.25. The first-order valence-electron chi connectivity index (χ1n) is 7.66. The summed E-state index contributed by atoms with van der Waals surface area (Å²) in [6, 6.07) is 10.9. The van der Waals surface area contributed by atoms with Gasteiger partial charge < -0.3 is 5.32 Å². The molecular formula is C17H27FN2. The highest BCUT2D eigenvalue weighted by atomic mass is 19.1. The van der Waals surface area contributed by atoms with Gasteiger partial charge in [0.2, 0.25) is 0 Å². The minimum atomic E-state index is -0.281. The Morgan fingerprint density at radius 2 is 2.05 bits per heavy atom. The van der Waals surface area contributed by atoms with Crippen LogP contribution in [0.4, 0.5) is 4.39 Å². The van der Waals surface area contributed by atoms with Gasteiger partial charge in [-0.25, -0.2) is 4.39 Å². The molecule has 0 bridgehead atoms. The molecule has 1 aliphatic rings. The number of rotatable bonds is 5. The van der Waals surface area contributed by atoms with E-state index in [4.69, 9.17) is 0 Å². The molecule has 1 fully saturated rings. The van der Waals surface area contributed by atoms with Crippen LogP contribution in [0.5, 0.6) is 0 Å². The normalized spacial score (nSPS) is 27.9. The Kier molecular flexibility index (Phi) is 5.17. The number of hydrogen-bond donors (Lipinski definition) is 1. The third-order valence-electron chi connectivity index (χ3n) is 4.38. The maximum absolute atomic E-state index is 13.0. The minimum Gasteiger partial charge on any atom is -0.311 e. The molecule has 0 spiro atoms. The van der Waals surface area contributed by atoms with Crippen LogP contribution in [-0.2, 0) is 5.54 Å². The molecule has 1 aromatic rings. The Bertz CT molecular complexity index is 407. The molecule has 20 heavy (non-hydrogen) atoms. The van der Waals surface area contributed by atoms with E-state index in [2.05, 4.69) is 55.3 Å². The Morgan fingerprint density at radius 3 is 2.65 bits per heavy atom. The van der Waals surface area contributed by atoms with Crippen molar-refractivity contribution in [3.63, 3.8) is 0 Å². The van der Waals surface area contributed by atoms with Crippen LogP contribution < -0.4 is 5.32 Å². The molecule has 2 nitrogen and oxygen atoms in total. The zero-order valence-electron chi connectivity index (χ0n) is 12.9. The van der Waals surface area contributed by atoms with Gasteiger partial charge in [0.05, 0.1) is 5.54 Å². The number of nitrogens with zero attached hydrogens (tertiary/aromatic N) is 1. The van der Waals surface area contributed by atoms with Gasteiger partial charge in [-0.15, -0.1) is 0 Å². The molecule has 2 unspecified atom stereocenters. The number of halogens is 1. The summed E-state index contributed by atoms with van der Waals surface area (Å²) in [7, 11) is 0. The van der Waals surface area contributed by atoms with Crippen LogP contribution >= 0.6 is 0 Å². The van der Waals surface area contributed by atoms with E-state index in [1.807, 2.05) is 6.07 Å². The minimum absolute atomic E-state index is 0.110. The maximum Gasteiger partial charge on any atom is 0.102 e. The molecule has 0 radical (unpaired) electrons. The van der Waals surface area contributed by atoms with Crippen molar-refractivity contribution in [1.82, 2.24) is 10.2 Å². The van der Waals surface area contributed by atoms with Crippen molar-refractivity contribution in [1.29, 1.82) is 0 Å². The van der Waals surface area contributed by atoms with E-state index < -0.39 is 0 Å². The van der Waals surface area contributed by atoms with Gasteiger partial charge in [0.1, 0.15) is 6.67 Å². The zero-order valence-corrected chi connectivity index (χ0v) is 12.9. The largest absolute Gasteiger partial charge is 0.311 e. The van der Waals surface area contributed by atoms with Crippen molar-refractivity contribution in [2.75, 3.05) is 26.3 Å². The Balaban J connectivity index is 2.16. The van der Waals surface area contributed by atoms with Crippen molar-refractivity contribution in [2.24, 2.45) is 5.92 Å². The summed E-state index contributed by atoms with van der Waals surface area (Å²) in [4.78, 5) is 2.31. The molecule has 2 atom stereocenters. The quantitative estimate of drug-likeness (QED) is 0.890. The van der Waals surface area contributed by atoms with Gasteiger partial charge in [-0.1, -0.05) is 44.2 Å². The molecule has 0 amide bonds. The summed E-state index contributed by atoms with van der Waals surface area (Å²) in [6.45, 7) is 8.75. The number of hydrogen-bond acceptors (Lipinski definition) is 2. The molecule has 0 aromatic heterocycles. The first kappa shape index (κ1) is 15.5. The molecule has 1 aromatic carbocycles. The fourth-order valence-corrected chi connectivity index (χ4v) is 3.24. The highest BCUT2D eigenvalue weighted by Crippen LogP contribution is 2.31. The van der Waals surface area contributed by atoms with Crippen LogP contribution in [0.3, 0.4) is 0 Å². The second kappa shape index (κ2) is 6.68. The Morgan fingerprint density at radius 1 is 1.35 bits per heavy atom.